The van der Waals surface area contributed by atoms with E-state index in [0.29, 0.717) is 6.61 Å². The Balaban J connectivity index is 2.30. The second kappa shape index (κ2) is 8.43. The summed E-state index contributed by atoms with van der Waals surface area (Å²) < 4.78 is 6.14. The average Bonchev–Trinajstić information content (AvgIpc) is 2.61. The van der Waals surface area contributed by atoms with E-state index in [4.69, 9.17) is 4.74 Å². The summed E-state index contributed by atoms with van der Waals surface area (Å²) in [6.07, 6.45) is 2.82. The van der Waals surface area contributed by atoms with Crippen molar-refractivity contribution in [2.75, 3.05) is 18.2 Å². The van der Waals surface area contributed by atoms with Crippen LogP contribution in [0, 0.1) is 20.8 Å². The predicted octanol–water partition coefficient (Wildman–Crippen LogP) is 5.67. The Bertz CT molecular complexity index is 771. The van der Waals surface area contributed by atoms with Gasteiger partial charge in [0.05, 0.1) is 5.69 Å². The molecule has 4 heteroatoms. The number of amides is 1. The summed E-state index contributed by atoms with van der Waals surface area (Å²) in [5.74, 6) is 0.905. The second-order valence-corrected chi connectivity index (χ2v) is 7.05. The number of aryl methyl sites for hydroxylation is 4. The Kier molecular flexibility index (Phi) is 6.54. The van der Waals surface area contributed by atoms with Crippen molar-refractivity contribution >= 4 is 22.7 Å². The minimum Gasteiger partial charge on any atom is -0.489 e. The molecule has 0 aromatic heterocycles. The highest BCUT2D eigenvalue weighted by atomic mass is 32.2. The third-order valence-electron chi connectivity index (χ3n) is 4.58. The maximum Gasteiger partial charge on any atom is 0.285 e. The molecule has 3 nitrogen and oxygen atoms in total. The molecule has 2 aromatic rings. The van der Waals surface area contributed by atoms with E-state index in [1.165, 1.54) is 22.9 Å². The number of thioether (sulfide) groups is 1. The number of carbonyl (C=O) groups excluding carboxylic acids is 1. The topological polar surface area (TPSA) is 29.5 Å². The van der Waals surface area contributed by atoms with Gasteiger partial charge in [-0.05, 0) is 67.8 Å². The van der Waals surface area contributed by atoms with Crippen LogP contribution in [-0.2, 0) is 13.0 Å². The van der Waals surface area contributed by atoms with Crippen molar-refractivity contribution in [2.24, 2.45) is 0 Å². The van der Waals surface area contributed by atoms with Crippen LogP contribution in [0.15, 0.2) is 30.3 Å². The quantitative estimate of drug-likeness (QED) is 0.690. The van der Waals surface area contributed by atoms with E-state index in [2.05, 4.69) is 45.9 Å². The zero-order valence-electron chi connectivity index (χ0n) is 16.0. The first kappa shape index (κ1) is 19.4. The second-order valence-electron chi connectivity index (χ2n) is 6.29. The maximum atomic E-state index is 12.1. The number of ether oxygens (including phenoxy) is 1. The van der Waals surface area contributed by atoms with Gasteiger partial charge in [-0.2, -0.15) is 0 Å². The van der Waals surface area contributed by atoms with Gasteiger partial charge < -0.3 is 9.64 Å². The van der Waals surface area contributed by atoms with Crippen LogP contribution in [0.4, 0.5) is 10.5 Å². The van der Waals surface area contributed by atoms with E-state index >= 15 is 0 Å². The highest BCUT2D eigenvalue weighted by Gasteiger charge is 2.16. The van der Waals surface area contributed by atoms with Gasteiger partial charge in [-0.15, -0.1) is 0 Å². The molecule has 0 bridgehead atoms. The Hall–Kier alpha value is -1.94. The van der Waals surface area contributed by atoms with Gasteiger partial charge in [-0.1, -0.05) is 36.9 Å². The van der Waals surface area contributed by atoms with Gasteiger partial charge in [-0.25, -0.2) is 0 Å². The van der Waals surface area contributed by atoms with E-state index in [-0.39, 0.29) is 5.24 Å². The molecule has 0 heterocycles. The summed E-state index contributed by atoms with van der Waals surface area (Å²) >= 11 is 1.21. The number of nitrogens with zero attached hydrogens (tertiary/aromatic N) is 1. The largest absolute Gasteiger partial charge is 0.489 e. The first-order valence-electron chi connectivity index (χ1n) is 8.52. The highest BCUT2D eigenvalue weighted by Crippen LogP contribution is 2.29. The fourth-order valence-electron chi connectivity index (χ4n) is 2.96. The summed E-state index contributed by atoms with van der Waals surface area (Å²) in [4.78, 5) is 13.8. The van der Waals surface area contributed by atoms with E-state index in [0.717, 1.165) is 34.5 Å². The van der Waals surface area contributed by atoms with Gasteiger partial charge in [-0.3, -0.25) is 4.79 Å². The van der Waals surface area contributed by atoms with Gasteiger partial charge in [0.2, 0.25) is 0 Å². The first-order chi connectivity index (χ1) is 11.9. The first-order valence-corrected chi connectivity index (χ1v) is 9.74. The minimum atomic E-state index is 0.0196. The van der Waals surface area contributed by atoms with Gasteiger partial charge in [0, 0.05) is 12.6 Å². The van der Waals surface area contributed by atoms with Gasteiger partial charge in [0.15, 0.2) is 0 Å². The standard InChI is InChI=1S/C21H27NO2S/c1-7-17-11-16(4)20(12-15(17)3)24-13-18-14(2)9-8-10-19(18)22(5)21(23)25-6/h8-12H,7,13H2,1-6H3. The smallest absolute Gasteiger partial charge is 0.285 e. The Morgan fingerprint density at radius 1 is 1.12 bits per heavy atom. The summed E-state index contributed by atoms with van der Waals surface area (Å²) in [7, 11) is 1.81. The lowest BCUT2D eigenvalue weighted by Crippen LogP contribution is -2.23. The van der Waals surface area contributed by atoms with E-state index < -0.39 is 0 Å². The summed E-state index contributed by atoms with van der Waals surface area (Å²) in [5, 5.41) is 0.0196. The lowest BCUT2D eigenvalue weighted by molar-refractivity contribution is 0.266. The zero-order chi connectivity index (χ0) is 18.6. The van der Waals surface area contributed by atoms with Crippen molar-refractivity contribution in [3.05, 3.63) is 58.1 Å². The molecule has 0 atom stereocenters. The van der Waals surface area contributed by atoms with Crippen LogP contribution in [0.1, 0.15) is 34.7 Å². The molecular weight excluding hydrogens is 330 g/mol. The van der Waals surface area contributed by atoms with Crippen LogP contribution in [0.5, 0.6) is 5.75 Å². The lowest BCUT2D eigenvalue weighted by Gasteiger charge is -2.22. The monoisotopic (exact) mass is 357 g/mol. The third-order valence-corrected chi connectivity index (χ3v) is 5.20. The molecule has 0 aliphatic carbocycles. The summed E-state index contributed by atoms with van der Waals surface area (Å²) in [6, 6.07) is 10.3. The van der Waals surface area contributed by atoms with E-state index in [1.807, 2.05) is 19.2 Å². The Morgan fingerprint density at radius 2 is 1.84 bits per heavy atom. The predicted molar refractivity (Wildman–Crippen MR) is 108 cm³/mol. The third kappa shape index (κ3) is 4.37. The molecule has 0 unspecified atom stereocenters. The van der Waals surface area contributed by atoms with Crippen molar-refractivity contribution in [1.82, 2.24) is 0 Å². The van der Waals surface area contributed by atoms with E-state index in [9.17, 15) is 4.79 Å². The lowest BCUT2D eigenvalue weighted by atomic mass is 10.0. The molecule has 0 radical (unpaired) electrons. The fourth-order valence-corrected chi connectivity index (χ4v) is 3.33. The van der Waals surface area contributed by atoms with Crippen LogP contribution >= 0.6 is 11.8 Å². The summed E-state index contributed by atoms with van der Waals surface area (Å²) in [6.45, 7) is 8.86. The molecule has 1 amide bonds. The molecule has 0 aliphatic rings. The number of rotatable bonds is 5. The highest BCUT2D eigenvalue weighted by molar-refractivity contribution is 8.13. The number of carbonyl (C=O) groups is 1. The van der Waals surface area contributed by atoms with E-state index in [1.54, 1.807) is 11.2 Å². The Labute approximate surface area is 155 Å². The van der Waals surface area contributed by atoms with Crippen LogP contribution in [0.25, 0.3) is 0 Å². The Morgan fingerprint density at radius 3 is 2.48 bits per heavy atom. The fraction of sp³-hybridized carbons (Fsp3) is 0.381. The molecule has 0 spiro atoms. The van der Waals surface area contributed by atoms with Crippen molar-refractivity contribution in [2.45, 2.75) is 40.7 Å². The molecule has 0 aliphatic heterocycles. The van der Waals surface area contributed by atoms with Crippen molar-refractivity contribution < 1.29 is 9.53 Å². The molecular formula is C21H27NO2S. The molecule has 134 valence electrons. The van der Waals surface area contributed by atoms with Crippen molar-refractivity contribution in [3.63, 3.8) is 0 Å². The minimum absolute atomic E-state index is 0.0196. The molecule has 0 N–H and O–H groups in total. The number of hydrogen-bond donors (Lipinski definition) is 0. The molecule has 2 rings (SSSR count). The maximum absolute atomic E-state index is 12.1. The van der Waals surface area contributed by atoms with Gasteiger partial charge >= 0.3 is 0 Å². The molecule has 0 fully saturated rings. The zero-order valence-corrected chi connectivity index (χ0v) is 16.8. The van der Waals surface area contributed by atoms with Gasteiger partial charge in [0.1, 0.15) is 12.4 Å². The van der Waals surface area contributed by atoms with Crippen molar-refractivity contribution in [1.29, 1.82) is 0 Å². The average molecular weight is 358 g/mol. The van der Waals surface area contributed by atoms with Crippen LogP contribution in [0.2, 0.25) is 0 Å². The normalized spacial score (nSPS) is 10.6. The molecule has 0 saturated heterocycles. The number of anilines is 1. The number of benzene rings is 2. The number of hydrogen-bond acceptors (Lipinski definition) is 3. The van der Waals surface area contributed by atoms with Crippen LogP contribution in [0.3, 0.4) is 0 Å². The van der Waals surface area contributed by atoms with Crippen molar-refractivity contribution in [3.8, 4) is 5.75 Å². The SMILES string of the molecule is CCc1cc(C)c(OCc2c(C)cccc2N(C)C(=O)SC)cc1C. The molecule has 2 aromatic carbocycles. The van der Waals surface area contributed by atoms with Gasteiger partial charge in [0.25, 0.3) is 5.24 Å². The molecule has 0 saturated carbocycles. The van der Waals surface area contributed by atoms with Crippen LogP contribution < -0.4 is 9.64 Å². The molecule has 25 heavy (non-hydrogen) atoms. The summed E-state index contributed by atoms with van der Waals surface area (Å²) in [5.41, 5.74) is 6.82. The van der Waals surface area contributed by atoms with Crippen LogP contribution in [-0.4, -0.2) is 18.5 Å².